The Morgan fingerprint density at radius 2 is 1.67 bits per heavy atom. The highest BCUT2D eigenvalue weighted by Gasteiger charge is 2.47. The molecule has 8 heteroatoms. The van der Waals surface area contributed by atoms with Gasteiger partial charge in [0.1, 0.15) is 0 Å². The first-order valence-corrected chi connectivity index (χ1v) is 8.16. The van der Waals surface area contributed by atoms with E-state index in [1.165, 1.54) is 36.4 Å². The Labute approximate surface area is 132 Å². The molecule has 0 amide bonds. The summed E-state index contributed by atoms with van der Waals surface area (Å²) in [6.07, 6.45) is 0. The van der Waals surface area contributed by atoms with Gasteiger partial charge in [-0.05, 0) is 39.7 Å². The molecule has 2 nitrogen and oxygen atoms in total. The van der Waals surface area contributed by atoms with Gasteiger partial charge in [-0.15, -0.1) is 0 Å². The Kier molecular flexibility index (Phi) is 4.37. The average Bonchev–Trinajstić information content (AvgIpc) is 2.40. The Bertz CT molecular complexity index is 788. The molecule has 2 rings (SSSR count). The van der Waals surface area contributed by atoms with Crippen molar-refractivity contribution in [2.75, 3.05) is 0 Å². The molecule has 0 aromatic heterocycles. The fraction of sp³-hybridized carbons (Fsp3) is 0.0769. The van der Waals surface area contributed by atoms with E-state index in [0.717, 1.165) is 6.07 Å². The molecule has 0 aliphatic heterocycles. The first-order valence-electron chi connectivity index (χ1n) is 5.50. The maximum Gasteiger partial charge on any atom is 0.501 e. The van der Waals surface area contributed by atoms with Crippen LogP contribution in [0.4, 0.5) is 13.2 Å². The summed E-state index contributed by atoms with van der Waals surface area (Å²) in [4.78, 5) is -0.795. The van der Waals surface area contributed by atoms with Gasteiger partial charge in [0.15, 0.2) is 0 Å². The molecule has 112 valence electrons. The van der Waals surface area contributed by atoms with Crippen molar-refractivity contribution in [2.45, 2.75) is 10.4 Å². The quantitative estimate of drug-likeness (QED) is 0.707. The topological polar surface area (TPSA) is 34.1 Å². The van der Waals surface area contributed by atoms with Crippen LogP contribution in [-0.2, 0) is 9.84 Å². The minimum absolute atomic E-state index is 0.0516. The summed E-state index contributed by atoms with van der Waals surface area (Å²) in [5, 5.41) is 0.270. The largest absolute Gasteiger partial charge is 0.501 e. The Morgan fingerprint density at radius 3 is 2.24 bits per heavy atom. The molecule has 0 bridgehead atoms. The molecule has 2 aromatic rings. The summed E-state index contributed by atoms with van der Waals surface area (Å²) in [5.41, 5.74) is -5.13. The van der Waals surface area contributed by atoms with Gasteiger partial charge in [-0.3, -0.25) is 0 Å². The second kappa shape index (κ2) is 5.62. The van der Waals surface area contributed by atoms with Gasteiger partial charge >= 0.3 is 5.51 Å². The van der Waals surface area contributed by atoms with Gasteiger partial charge in [-0.25, -0.2) is 8.42 Å². The summed E-state index contributed by atoms with van der Waals surface area (Å²) in [5.74, 6) is 0. The monoisotopic (exact) mass is 398 g/mol. The van der Waals surface area contributed by atoms with Crippen LogP contribution in [0.5, 0.6) is 0 Å². The lowest BCUT2D eigenvalue weighted by Gasteiger charge is -2.13. The van der Waals surface area contributed by atoms with E-state index < -0.39 is 20.2 Å². The van der Waals surface area contributed by atoms with Crippen molar-refractivity contribution in [3.05, 3.63) is 52.0 Å². The highest BCUT2D eigenvalue weighted by atomic mass is 79.9. The normalized spacial score (nSPS) is 12.4. The van der Waals surface area contributed by atoms with E-state index in [9.17, 15) is 21.6 Å². The summed E-state index contributed by atoms with van der Waals surface area (Å²) < 4.78 is 62.0. The van der Waals surface area contributed by atoms with E-state index in [-0.39, 0.29) is 16.1 Å². The maximum absolute atomic E-state index is 12.7. The predicted molar refractivity (Wildman–Crippen MR) is 77.8 cm³/mol. The minimum Gasteiger partial charge on any atom is -0.214 e. The fourth-order valence-corrected chi connectivity index (χ4v) is 3.14. The molecule has 21 heavy (non-hydrogen) atoms. The zero-order chi connectivity index (χ0) is 15.8. The van der Waals surface area contributed by atoms with Crippen molar-refractivity contribution in [2.24, 2.45) is 0 Å². The molecular weight excluding hydrogens is 393 g/mol. The number of sulfone groups is 1. The van der Waals surface area contributed by atoms with Crippen molar-refractivity contribution in [1.82, 2.24) is 0 Å². The number of benzene rings is 2. The molecule has 0 radical (unpaired) electrons. The predicted octanol–water partition coefficient (Wildman–Crippen LogP) is 5.06. The summed E-state index contributed by atoms with van der Waals surface area (Å²) in [7, 11) is -5.43. The van der Waals surface area contributed by atoms with Crippen LogP contribution in [0, 0.1) is 0 Å². The molecular formula is C13H7BrClF3O2S. The molecule has 0 heterocycles. The molecule has 0 N–H and O–H groups in total. The second-order valence-electron chi connectivity index (χ2n) is 4.07. The van der Waals surface area contributed by atoms with Crippen LogP contribution in [0.25, 0.3) is 11.1 Å². The van der Waals surface area contributed by atoms with Crippen LogP contribution in [0.3, 0.4) is 0 Å². The van der Waals surface area contributed by atoms with Crippen LogP contribution >= 0.6 is 27.5 Å². The Hall–Kier alpha value is -1.05. The van der Waals surface area contributed by atoms with Crippen molar-refractivity contribution in [3.8, 4) is 11.1 Å². The summed E-state index contributed by atoms with van der Waals surface area (Å²) in [6.45, 7) is 0. The van der Waals surface area contributed by atoms with Gasteiger partial charge in [0.05, 0.1) is 9.92 Å². The molecule has 0 aliphatic rings. The van der Waals surface area contributed by atoms with Crippen LogP contribution in [0.1, 0.15) is 0 Å². The van der Waals surface area contributed by atoms with E-state index in [2.05, 4.69) is 15.9 Å². The molecule has 0 unspecified atom stereocenters. The average molecular weight is 400 g/mol. The number of hydrogen-bond acceptors (Lipinski definition) is 2. The third-order valence-electron chi connectivity index (χ3n) is 2.71. The lowest BCUT2D eigenvalue weighted by Crippen LogP contribution is -2.23. The smallest absolute Gasteiger partial charge is 0.214 e. The van der Waals surface area contributed by atoms with Crippen LogP contribution in [0.2, 0.25) is 5.02 Å². The summed E-state index contributed by atoms with van der Waals surface area (Å²) >= 11 is 9.06. The fourth-order valence-electron chi connectivity index (χ4n) is 1.73. The van der Waals surface area contributed by atoms with Crippen molar-refractivity contribution in [1.29, 1.82) is 0 Å². The van der Waals surface area contributed by atoms with Crippen LogP contribution in [-0.4, -0.2) is 13.9 Å². The van der Waals surface area contributed by atoms with Crippen molar-refractivity contribution in [3.63, 3.8) is 0 Å². The number of hydrogen-bond donors (Lipinski definition) is 0. The number of halogens is 5. The third-order valence-corrected chi connectivity index (χ3v) is 5.49. The van der Waals surface area contributed by atoms with Gasteiger partial charge in [0.2, 0.25) is 0 Å². The standard InChI is InChI=1S/C13H7BrClF3O2S/c14-10-6-5-8(7-11(10)15)9-3-1-2-4-12(9)21(19,20)13(16,17)18/h1-7H. The first kappa shape index (κ1) is 16.3. The molecule has 2 aromatic carbocycles. The van der Waals surface area contributed by atoms with E-state index in [4.69, 9.17) is 11.6 Å². The van der Waals surface area contributed by atoms with E-state index in [0.29, 0.717) is 4.47 Å². The minimum atomic E-state index is -5.43. The summed E-state index contributed by atoms with van der Waals surface area (Å²) in [6, 6.07) is 9.35. The highest BCUT2D eigenvalue weighted by Crippen LogP contribution is 2.37. The molecule has 0 fully saturated rings. The van der Waals surface area contributed by atoms with E-state index in [1.54, 1.807) is 0 Å². The highest BCUT2D eigenvalue weighted by molar-refractivity contribution is 9.10. The van der Waals surface area contributed by atoms with Gasteiger partial charge in [-0.2, -0.15) is 13.2 Å². The maximum atomic E-state index is 12.7. The lowest BCUT2D eigenvalue weighted by atomic mass is 10.1. The zero-order valence-corrected chi connectivity index (χ0v) is 13.3. The van der Waals surface area contributed by atoms with Crippen molar-refractivity contribution < 1.29 is 21.6 Å². The first-order chi connectivity index (χ1) is 9.64. The van der Waals surface area contributed by atoms with Crippen LogP contribution < -0.4 is 0 Å². The molecule has 0 aliphatic carbocycles. The van der Waals surface area contributed by atoms with Crippen LogP contribution in [0.15, 0.2) is 51.8 Å². The molecule has 0 saturated heterocycles. The van der Waals surface area contributed by atoms with Gasteiger partial charge < -0.3 is 0 Å². The molecule has 0 saturated carbocycles. The Balaban J connectivity index is 2.70. The van der Waals surface area contributed by atoms with Crippen molar-refractivity contribution >= 4 is 37.4 Å². The van der Waals surface area contributed by atoms with E-state index in [1.807, 2.05) is 0 Å². The number of alkyl halides is 3. The zero-order valence-electron chi connectivity index (χ0n) is 10.2. The second-order valence-corrected chi connectivity index (χ2v) is 7.25. The Morgan fingerprint density at radius 1 is 1.05 bits per heavy atom. The SMILES string of the molecule is O=S(=O)(c1ccccc1-c1ccc(Br)c(Cl)c1)C(F)(F)F. The third kappa shape index (κ3) is 3.09. The van der Waals surface area contributed by atoms with E-state index >= 15 is 0 Å². The van der Waals surface area contributed by atoms with Gasteiger partial charge in [0.25, 0.3) is 9.84 Å². The van der Waals surface area contributed by atoms with Gasteiger partial charge in [0, 0.05) is 10.0 Å². The number of rotatable bonds is 2. The lowest BCUT2D eigenvalue weighted by molar-refractivity contribution is -0.0435. The molecule has 0 atom stereocenters. The molecule has 0 spiro atoms. The van der Waals surface area contributed by atoms with Gasteiger partial charge in [-0.1, -0.05) is 35.9 Å².